The van der Waals surface area contributed by atoms with Crippen molar-refractivity contribution in [2.45, 2.75) is 45.8 Å². The lowest BCUT2D eigenvalue weighted by Crippen LogP contribution is -2.24. The van der Waals surface area contributed by atoms with Gasteiger partial charge in [-0.1, -0.05) is 43.3 Å². The quantitative estimate of drug-likeness (QED) is 0.310. The van der Waals surface area contributed by atoms with Crippen molar-refractivity contribution >= 4 is 22.9 Å². The topological polar surface area (TPSA) is 97.1 Å². The number of hydrogen-bond acceptors (Lipinski definition) is 7. The van der Waals surface area contributed by atoms with Crippen molar-refractivity contribution in [3.05, 3.63) is 60.4 Å². The molecular weight excluding hydrogens is 428 g/mol. The van der Waals surface area contributed by atoms with Gasteiger partial charge in [0.15, 0.2) is 17.0 Å². The first-order chi connectivity index (χ1) is 16.5. The second kappa shape index (κ2) is 10.5. The second-order valence-corrected chi connectivity index (χ2v) is 8.52. The molecule has 0 amide bonds. The van der Waals surface area contributed by atoms with Crippen molar-refractivity contribution in [1.82, 2.24) is 19.5 Å². The van der Waals surface area contributed by atoms with Gasteiger partial charge in [-0.05, 0) is 49.1 Å². The molecule has 34 heavy (non-hydrogen) atoms. The van der Waals surface area contributed by atoms with Crippen LogP contribution in [0, 0.1) is 0 Å². The third-order valence-electron chi connectivity index (χ3n) is 5.86. The van der Waals surface area contributed by atoms with Crippen LogP contribution in [0.4, 0.5) is 11.8 Å². The standard InChI is InChI=1S/C26H32N6O2/c1-5-21(15-33)29-26-30-24(23-25(31-26)32(16-28-23)17(2)3)27-14-18-6-8-19(9-7-18)20-10-12-22(34-4)13-11-20/h6-13,16-17,21,33H,5,14-15H2,1-4H3,(H2,27,29,30,31)/t21-/m1/s1. The molecule has 0 spiro atoms. The average Bonchev–Trinajstić information content (AvgIpc) is 3.31. The highest BCUT2D eigenvalue weighted by molar-refractivity contribution is 5.84. The van der Waals surface area contributed by atoms with E-state index in [4.69, 9.17) is 4.74 Å². The van der Waals surface area contributed by atoms with E-state index in [0.29, 0.717) is 18.3 Å². The molecule has 8 heteroatoms. The van der Waals surface area contributed by atoms with Crippen LogP contribution in [0.2, 0.25) is 0 Å². The first-order valence-corrected chi connectivity index (χ1v) is 11.6. The molecule has 0 radical (unpaired) electrons. The molecule has 0 unspecified atom stereocenters. The van der Waals surface area contributed by atoms with Gasteiger partial charge in [-0.3, -0.25) is 0 Å². The molecule has 2 aromatic carbocycles. The maximum atomic E-state index is 9.60. The van der Waals surface area contributed by atoms with Gasteiger partial charge >= 0.3 is 0 Å². The van der Waals surface area contributed by atoms with E-state index in [2.05, 4.69) is 75.8 Å². The normalized spacial score (nSPS) is 12.2. The number of nitrogens with zero attached hydrogens (tertiary/aromatic N) is 4. The zero-order chi connectivity index (χ0) is 24.1. The van der Waals surface area contributed by atoms with Gasteiger partial charge in [-0.15, -0.1) is 0 Å². The third-order valence-corrected chi connectivity index (χ3v) is 5.86. The van der Waals surface area contributed by atoms with Gasteiger partial charge in [-0.2, -0.15) is 9.97 Å². The lowest BCUT2D eigenvalue weighted by atomic mass is 10.0. The fourth-order valence-electron chi connectivity index (χ4n) is 3.73. The smallest absolute Gasteiger partial charge is 0.227 e. The van der Waals surface area contributed by atoms with E-state index in [1.54, 1.807) is 13.4 Å². The van der Waals surface area contributed by atoms with Crippen molar-refractivity contribution in [1.29, 1.82) is 0 Å². The van der Waals surface area contributed by atoms with Gasteiger partial charge in [0.2, 0.25) is 5.95 Å². The minimum absolute atomic E-state index is 0.0185. The van der Waals surface area contributed by atoms with Crippen LogP contribution in [0.15, 0.2) is 54.9 Å². The summed E-state index contributed by atoms with van der Waals surface area (Å²) < 4.78 is 7.27. The minimum Gasteiger partial charge on any atom is -0.497 e. The van der Waals surface area contributed by atoms with E-state index in [-0.39, 0.29) is 18.7 Å². The van der Waals surface area contributed by atoms with Crippen molar-refractivity contribution in [3.8, 4) is 16.9 Å². The number of aliphatic hydroxyl groups excluding tert-OH is 1. The molecule has 8 nitrogen and oxygen atoms in total. The van der Waals surface area contributed by atoms with E-state index in [1.807, 2.05) is 23.6 Å². The Morgan fingerprint density at radius 1 is 1.00 bits per heavy atom. The molecule has 0 bridgehead atoms. The Kier molecular flexibility index (Phi) is 7.27. The number of methoxy groups -OCH3 is 1. The van der Waals surface area contributed by atoms with Gasteiger partial charge in [0.05, 0.1) is 26.1 Å². The fraction of sp³-hybridized carbons (Fsp3) is 0.346. The molecule has 0 aliphatic carbocycles. The minimum atomic E-state index is -0.105. The maximum Gasteiger partial charge on any atom is 0.227 e. The molecule has 2 heterocycles. The van der Waals surface area contributed by atoms with Crippen LogP contribution < -0.4 is 15.4 Å². The van der Waals surface area contributed by atoms with Gasteiger partial charge in [0.25, 0.3) is 0 Å². The molecule has 0 aliphatic heterocycles. The number of nitrogens with one attached hydrogen (secondary N) is 2. The number of aromatic nitrogens is 4. The number of anilines is 2. The Bertz CT molecular complexity index is 1210. The van der Waals surface area contributed by atoms with Crippen LogP contribution in [0.1, 0.15) is 38.8 Å². The number of fused-ring (bicyclic) bond motifs is 1. The second-order valence-electron chi connectivity index (χ2n) is 8.52. The predicted octanol–water partition coefficient (Wildman–Crippen LogP) is 4.88. The number of benzene rings is 2. The Labute approximate surface area is 200 Å². The average molecular weight is 461 g/mol. The number of hydrogen-bond donors (Lipinski definition) is 3. The summed E-state index contributed by atoms with van der Waals surface area (Å²) in [4.78, 5) is 13.9. The largest absolute Gasteiger partial charge is 0.497 e. The summed E-state index contributed by atoms with van der Waals surface area (Å²) in [7, 11) is 1.67. The van der Waals surface area contributed by atoms with Crippen molar-refractivity contribution < 1.29 is 9.84 Å². The molecule has 1 atom stereocenters. The number of rotatable bonds is 10. The highest BCUT2D eigenvalue weighted by Crippen LogP contribution is 2.26. The highest BCUT2D eigenvalue weighted by atomic mass is 16.5. The molecule has 0 fully saturated rings. The van der Waals surface area contributed by atoms with Crippen LogP contribution in [0.25, 0.3) is 22.3 Å². The van der Waals surface area contributed by atoms with Crippen molar-refractivity contribution in [3.63, 3.8) is 0 Å². The Morgan fingerprint density at radius 3 is 2.26 bits per heavy atom. The summed E-state index contributed by atoms with van der Waals surface area (Å²) in [5, 5.41) is 16.3. The number of ether oxygens (including phenoxy) is 1. The molecule has 0 saturated heterocycles. The third kappa shape index (κ3) is 5.12. The SMILES string of the molecule is CC[C@H](CO)Nc1nc(NCc2ccc(-c3ccc(OC)cc3)cc2)c2ncn(C(C)C)c2n1. The lowest BCUT2D eigenvalue weighted by Gasteiger charge is -2.16. The molecule has 0 saturated carbocycles. The first-order valence-electron chi connectivity index (χ1n) is 11.6. The Morgan fingerprint density at radius 2 is 1.68 bits per heavy atom. The zero-order valence-electron chi connectivity index (χ0n) is 20.1. The summed E-state index contributed by atoms with van der Waals surface area (Å²) in [6.45, 7) is 6.82. The van der Waals surface area contributed by atoms with Crippen molar-refractivity contribution in [2.24, 2.45) is 0 Å². The summed E-state index contributed by atoms with van der Waals surface area (Å²) in [5.41, 5.74) is 4.90. The molecule has 4 aromatic rings. The van der Waals surface area contributed by atoms with Gasteiger partial charge in [0.1, 0.15) is 5.75 Å². The van der Waals surface area contributed by atoms with Gasteiger partial charge in [-0.25, -0.2) is 4.98 Å². The van der Waals surface area contributed by atoms with Gasteiger partial charge in [0, 0.05) is 12.6 Å². The molecular formula is C26H32N6O2. The van der Waals surface area contributed by atoms with E-state index >= 15 is 0 Å². The number of imidazole rings is 1. The van der Waals surface area contributed by atoms with Gasteiger partial charge < -0.3 is 25.0 Å². The van der Waals surface area contributed by atoms with Crippen LogP contribution in [0.5, 0.6) is 5.75 Å². The highest BCUT2D eigenvalue weighted by Gasteiger charge is 2.16. The summed E-state index contributed by atoms with van der Waals surface area (Å²) in [6.07, 6.45) is 2.57. The van der Waals surface area contributed by atoms with E-state index in [1.165, 1.54) is 0 Å². The summed E-state index contributed by atoms with van der Waals surface area (Å²) in [5.74, 6) is 1.99. The summed E-state index contributed by atoms with van der Waals surface area (Å²) >= 11 is 0. The van der Waals surface area contributed by atoms with Crippen LogP contribution in [-0.2, 0) is 6.54 Å². The van der Waals surface area contributed by atoms with E-state index < -0.39 is 0 Å². The van der Waals surface area contributed by atoms with Crippen LogP contribution in [0.3, 0.4) is 0 Å². The predicted molar refractivity (Wildman–Crippen MR) is 136 cm³/mol. The first kappa shape index (κ1) is 23.5. The maximum absolute atomic E-state index is 9.60. The molecule has 178 valence electrons. The Balaban J connectivity index is 1.56. The lowest BCUT2D eigenvalue weighted by molar-refractivity contribution is 0.271. The number of aliphatic hydroxyl groups is 1. The Hall–Kier alpha value is -3.65. The molecule has 2 aromatic heterocycles. The van der Waals surface area contributed by atoms with E-state index in [9.17, 15) is 5.11 Å². The van der Waals surface area contributed by atoms with E-state index in [0.717, 1.165) is 40.0 Å². The molecule has 3 N–H and O–H groups in total. The molecule has 4 rings (SSSR count). The van der Waals surface area contributed by atoms with Crippen molar-refractivity contribution in [2.75, 3.05) is 24.4 Å². The van der Waals surface area contributed by atoms with Crippen LogP contribution in [-0.4, -0.2) is 44.4 Å². The zero-order valence-corrected chi connectivity index (χ0v) is 20.1. The monoisotopic (exact) mass is 460 g/mol. The summed E-state index contributed by atoms with van der Waals surface area (Å²) in [6, 6.07) is 16.6. The molecule has 0 aliphatic rings. The fourth-order valence-corrected chi connectivity index (χ4v) is 3.73. The van der Waals surface area contributed by atoms with Crippen LogP contribution >= 0.6 is 0 Å².